The van der Waals surface area contributed by atoms with Gasteiger partial charge in [0.05, 0.1) is 30.2 Å². The van der Waals surface area contributed by atoms with Gasteiger partial charge < -0.3 is 4.74 Å². The molecule has 2 aromatic carbocycles. The van der Waals surface area contributed by atoms with Crippen LogP contribution in [0, 0.1) is 11.3 Å². The standard InChI is InChI=1S/C24H23N7O3S/c1-34-24-21-23(31(29-28-21)15-17-7-3-2-4-8-17)26-22(27-24)19-10-6-12-30(16-19)35(32,33)20-11-5-9-18(13-20)14-25/h2-5,7-9,11,13,19H,6,10,12,15-16H2,1H3. The predicted molar refractivity (Wildman–Crippen MR) is 127 cm³/mol. The molecule has 11 heteroatoms. The second-order valence-corrected chi connectivity index (χ2v) is 10.3. The first kappa shape index (κ1) is 22.9. The Bertz CT molecular complexity index is 1510. The molecule has 178 valence electrons. The Kier molecular flexibility index (Phi) is 6.15. The van der Waals surface area contributed by atoms with Crippen LogP contribution in [-0.4, -0.2) is 57.9 Å². The number of benzene rings is 2. The maximum Gasteiger partial charge on any atom is 0.247 e. The fourth-order valence-corrected chi connectivity index (χ4v) is 5.85. The van der Waals surface area contributed by atoms with Gasteiger partial charge in [0.25, 0.3) is 0 Å². The Morgan fingerprint density at radius 2 is 1.97 bits per heavy atom. The first-order valence-electron chi connectivity index (χ1n) is 11.2. The van der Waals surface area contributed by atoms with Gasteiger partial charge in [-0.1, -0.05) is 41.6 Å². The van der Waals surface area contributed by atoms with E-state index in [1.807, 2.05) is 36.4 Å². The molecule has 4 aromatic rings. The second kappa shape index (κ2) is 9.40. The van der Waals surface area contributed by atoms with Gasteiger partial charge in [-0.15, -0.1) is 5.10 Å². The minimum Gasteiger partial charge on any atom is -0.479 e. The summed E-state index contributed by atoms with van der Waals surface area (Å²) in [5.41, 5.74) is 2.35. The number of nitriles is 1. The molecule has 3 heterocycles. The van der Waals surface area contributed by atoms with E-state index in [0.29, 0.717) is 47.9 Å². The highest BCUT2D eigenvalue weighted by atomic mass is 32.2. The lowest BCUT2D eigenvalue weighted by atomic mass is 9.99. The Morgan fingerprint density at radius 3 is 2.74 bits per heavy atom. The van der Waals surface area contributed by atoms with Crippen molar-refractivity contribution >= 4 is 21.2 Å². The minimum atomic E-state index is -3.77. The molecule has 0 N–H and O–H groups in total. The molecule has 0 bridgehead atoms. The van der Waals surface area contributed by atoms with E-state index in [1.54, 1.807) is 16.8 Å². The summed E-state index contributed by atoms with van der Waals surface area (Å²) in [7, 11) is -2.25. The van der Waals surface area contributed by atoms with Crippen molar-refractivity contribution in [2.75, 3.05) is 20.2 Å². The first-order valence-corrected chi connectivity index (χ1v) is 12.6. The quantitative estimate of drug-likeness (QED) is 0.405. The van der Waals surface area contributed by atoms with Crippen LogP contribution in [0.4, 0.5) is 0 Å². The fraction of sp³-hybridized carbons (Fsp3) is 0.292. The topological polar surface area (TPSA) is 127 Å². The van der Waals surface area contributed by atoms with Gasteiger partial charge in [-0.3, -0.25) is 0 Å². The summed E-state index contributed by atoms with van der Waals surface area (Å²) in [5.74, 6) is 0.582. The van der Waals surface area contributed by atoms with E-state index in [4.69, 9.17) is 15.0 Å². The smallest absolute Gasteiger partial charge is 0.247 e. The van der Waals surface area contributed by atoms with E-state index in [1.165, 1.54) is 23.5 Å². The van der Waals surface area contributed by atoms with Crippen LogP contribution in [0.25, 0.3) is 11.2 Å². The van der Waals surface area contributed by atoms with Crippen molar-refractivity contribution in [3.8, 4) is 11.9 Å². The maximum absolute atomic E-state index is 13.3. The molecule has 1 aliphatic rings. The molecular weight excluding hydrogens is 466 g/mol. The van der Waals surface area contributed by atoms with Gasteiger partial charge in [-0.2, -0.15) is 14.6 Å². The first-order chi connectivity index (χ1) is 17.0. The molecule has 0 radical (unpaired) electrons. The molecule has 1 saturated heterocycles. The summed E-state index contributed by atoms with van der Waals surface area (Å²) in [6.45, 7) is 1.11. The molecule has 1 fully saturated rings. The van der Waals surface area contributed by atoms with Gasteiger partial charge in [0.2, 0.25) is 15.9 Å². The number of methoxy groups -OCH3 is 1. The third-order valence-corrected chi connectivity index (χ3v) is 7.93. The minimum absolute atomic E-state index is 0.108. The second-order valence-electron chi connectivity index (χ2n) is 8.34. The zero-order valence-corrected chi connectivity index (χ0v) is 19.9. The molecule has 2 aromatic heterocycles. The van der Waals surface area contributed by atoms with Gasteiger partial charge in [0, 0.05) is 19.0 Å². The molecule has 0 aliphatic carbocycles. The molecule has 0 saturated carbocycles. The number of aromatic nitrogens is 5. The largest absolute Gasteiger partial charge is 0.479 e. The van der Waals surface area contributed by atoms with E-state index in [2.05, 4.69) is 15.3 Å². The van der Waals surface area contributed by atoms with Crippen molar-refractivity contribution in [1.82, 2.24) is 29.3 Å². The molecule has 0 amide bonds. The number of hydrogen-bond acceptors (Lipinski definition) is 8. The zero-order chi connectivity index (χ0) is 24.4. The number of nitrogens with zero attached hydrogens (tertiary/aromatic N) is 7. The average Bonchev–Trinajstić information content (AvgIpc) is 3.31. The van der Waals surface area contributed by atoms with Gasteiger partial charge in [-0.05, 0) is 36.6 Å². The highest BCUT2D eigenvalue weighted by molar-refractivity contribution is 7.89. The van der Waals surface area contributed by atoms with E-state index < -0.39 is 10.0 Å². The van der Waals surface area contributed by atoms with Gasteiger partial charge in [0.1, 0.15) is 5.82 Å². The highest BCUT2D eigenvalue weighted by Gasteiger charge is 2.33. The lowest BCUT2D eigenvalue weighted by Gasteiger charge is -2.31. The summed E-state index contributed by atoms with van der Waals surface area (Å²) in [5, 5.41) is 17.6. The number of hydrogen-bond donors (Lipinski definition) is 0. The number of sulfonamides is 1. The third kappa shape index (κ3) is 4.45. The predicted octanol–water partition coefficient (Wildman–Crippen LogP) is 2.72. The van der Waals surface area contributed by atoms with E-state index in [0.717, 1.165) is 12.0 Å². The molecule has 1 unspecified atom stereocenters. The Hall–Kier alpha value is -3.88. The van der Waals surface area contributed by atoms with Crippen LogP contribution < -0.4 is 4.74 Å². The number of rotatable bonds is 6. The van der Waals surface area contributed by atoms with Crippen LogP contribution in [0.1, 0.15) is 35.7 Å². The monoisotopic (exact) mass is 489 g/mol. The highest BCUT2D eigenvalue weighted by Crippen LogP contribution is 2.31. The molecule has 10 nitrogen and oxygen atoms in total. The van der Waals surface area contributed by atoms with Crippen LogP contribution in [-0.2, 0) is 16.6 Å². The average molecular weight is 490 g/mol. The number of ether oxygens (including phenoxy) is 1. The maximum atomic E-state index is 13.3. The Morgan fingerprint density at radius 1 is 1.14 bits per heavy atom. The van der Waals surface area contributed by atoms with Crippen LogP contribution in [0.3, 0.4) is 0 Å². The van der Waals surface area contributed by atoms with Crippen LogP contribution in [0.5, 0.6) is 5.88 Å². The molecular formula is C24H23N7O3S. The van der Waals surface area contributed by atoms with Gasteiger partial charge >= 0.3 is 0 Å². The Balaban J connectivity index is 1.47. The van der Waals surface area contributed by atoms with Crippen molar-refractivity contribution in [3.05, 3.63) is 71.5 Å². The molecule has 35 heavy (non-hydrogen) atoms. The van der Waals surface area contributed by atoms with Crippen molar-refractivity contribution in [2.45, 2.75) is 30.2 Å². The summed E-state index contributed by atoms with van der Waals surface area (Å²) in [6, 6.07) is 17.9. The zero-order valence-electron chi connectivity index (χ0n) is 19.1. The van der Waals surface area contributed by atoms with Crippen LogP contribution >= 0.6 is 0 Å². The number of piperidine rings is 1. The van der Waals surface area contributed by atoms with Crippen molar-refractivity contribution in [3.63, 3.8) is 0 Å². The van der Waals surface area contributed by atoms with Crippen molar-refractivity contribution in [2.24, 2.45) is 0 Å². The van der Waals surface area contributed by atoms with Crippen molar-refractivity contribution in [1.29, 1.82) is 5.26 Å². The summed E-state index contributed by atoms with van der Waals surface area (Å²) in [4.78, 5) is 9.44. The molecule has 5 rings (SSSR count). The van der Waals surface area contributed by atoms with Crippen LogP contribution in [0.15, 0.2) is 59.5 Å². The SMILES string of the molecule is COc1nc(C2CCCN(S(=O)(=O)c3cccc(C#N)c3)C2)nc2c1nnn2Cc1ccccc1. The van der Waals surface area contributed by atoms with Crippen LogP contribution in [0.2, 0.25) is 0 Å². The van der Waals surface area contributed by atoms with Gasteiger partial charge in [-0.25, -0.2) is 18.1 Å². The number of fused-ring (bicyclic) bond motifs is 1. The van der Waals surface area contributed by atoms with E-state index >= 15 is 0 Å². The summed E-state index contributed by atoms with van der Waals surface area (Å²) >= 11 is 0. The normalized spacial score (nSPS) is 16.7. The lowest BCUT2D eigenvalue weighted by Crippen LogP contribution is -2.39. The lowest BCUT2D eigenvalue weighted by molar-refractivity contribution is 0.307. The Labute approximate surface area is 202 Å². The molecule has 1 atom stereocenters. The summed E-state index contributed by atoms with van der Waals surface area (Å²) in [6.07, 6.45) is 1.40. The van der Waals surface area contributed by atoms with Crippen molar-refractivity contribution < 1.29 is 13.2 Å². The summed E-state index contributed by atoms with van der Waals surface area (Å²) < 4.78 is 35.2. The third-order valence-electron chi connectivity index (χ3n) is 6.07. The molecule has 0 spiro atoms. The van der Waals surface area contributed by atoms with E-state index in [-0.39, 0.29) is 17.4 Å². The van der Waals surface area contributed by atoms with E-state index in [9.17, 15) is 8.42 Å². The fourth-order valence-electron chi connectivity index (χ4n) is 4.28. The van der Waals surface area contributed by atoms with Gasteiger partial charge in [0.15, 0.2) is 11.2 Å². The molecule has 1 aliphatic heterocycles.